The van der Waals surface area contributed by atoms with Crippen LogP contribution in [-0.4, -0.2) is 15.7 Å². The fourth-order valence-corrected chi connectivity index (χ4v) is 1.95. The normalized spacial score (nSPS) is 10.4. The molecule has 0 aliphatic rings. The summed E-state index contributed by atoms with van der Waals surface area (Å²) in [5, 5.41) is 6.82. The number of hydrogen-bond donors (Lipinski definition) is 2. The third kappa shape index (κ3) is 4.12. The van der Waals surface area contributed by atoms with Gasteiger partial charge in [-0.1, -0.05) is 25.5 Å². The lowest BCUT2D eigenvalue weighted by molar-refractivity contribution is -0.116. The molecule has 3 N–H and O–H groups in total. The Morgan fingerprint density at radius 1 is 1.35 bits per heavy atom. The number of aromatic nitrogens is 2. The molecule has 5 nitrogen and oxygen atoms in total. The van der Waals surface area contributed by atoms with Gasteiger partial charge in [-0.25, -0.2) is 0 Å². The molecular weight excluding hydrogens is 252 g/mol. The number of hydrogen-bond acceptors (Lipinski definition) is 3. The summed E-state index contributed by atoms with van der Waals surface area (Å²) in [4.78, 5) is 11.8. The van der Waals surface area contributed by atoms with E-state index < -0.39 is 0 Å². The van der Waals surface area contributed by atoms with Crippen molar-refractivity contribution in [3.8, 4) is 0 Å². The van der Waals surface area contributed by atoms with Crippen molar-refractivity contribution in [3.63, 3.8) is 0 Å². The number of aryl methyl sites for hydroxylation is 1. The number of nitrogens with zero attached hydrogens (tertiary/aromatic N) is 2. The third-order valence-corrected chi connectivity index (χ3v) is 3.02. The summed E-state index contributed by atoms with van der Waals surface area (Å²) in [7, 11) is 0. The zero-order valence-corrected chi connectivity index (χ0v) is 11.7. The summed E-state index contributed by atoms with van der Waals surface area (Å²) in [5.74, 6) is -0.116. The number of carbonyl (C=O) groups excluding carboxylic acids is 1. The number of rotatable bonds is 6. The maximum atomic E-state index is 11.8. The predicted octanol–water partition coefficient (Wildman–Crippen LogP) is 2.45. The van der Waals surface area contributed by atoms with Crippen LogP contribution in [0.3, 0.4) is 0 Å². The van der Waals surface area contributed by atoms with Gasteiger partial charge in [0.1, 0.15) is 6.54 Å². The van der Waals surface area contributed by atoms with Crippen molar-refractivity contribution >= 4 is 17.3 Å². The molecule has 0 atom stereocenters. The van der Waals surface area contributed by atoms with Crippen molar-refractivity contribution < 1.29 is 4.79 Å². The zero-order chi connectivity index (χ0) is 14.4. The lowest BCUT2D eigenvalue weighted by Crippen LogP contribution is -2.18. The van der Waals surface area contributed by atoms with Gasteiger partial charge in [0.2, 0.25) is 5.91 Å². The molecule has 0 saturated heterocycles. The smallest absolute Gasteiger partial charge is 0.246 e. The molecule has 0 radical (unpaired) electrons. The molecule has 5 heteroatoms. The van der Waals surface area contributed by atoms with Gasteiger partial charge in [-0.15, -0.1) is 0 Å². The van der Waals surface area contributed by atoms with E-state index in [2.05, 4.69) is 29.5 Å². The van der Waals surface area contributed by atoms with E-state index in [1.54, 1.807) is 6.20 Å². The minimum absolute atomic E-state index is 0.116. The van der Waals surface area contributed by atoms with E-state index in [4.69, 9.17) is 5.73 Å². The molecule has 1 amide bonds. The Hall–Kier alpha value is -2.30. The quantitative estimate of drug-likeness (QED) is 0.848. The van der Waals surface area contributed by atoms with Crippen LogP contribution in [-0.2, 0) is 17.8 Å². The Kier molecular flexibility index (Phi) is 4.76. The third-order valence-electron chi connectivity index (χ3n) is 3.02. The molecular formula is C15H20N4O. The number of nitrogens with one attached hydrogen (secondary N) is 1. The topological polar surface area (TPSA) is 72.9 Å². The van der Waals surface area contributed by atoms with Crippen LogP contribution < -0.4 is 11.1 Å². The van der Waals surface area contributed by atoms with E-state index in [9.17, 15) is 4.79 Å². The molecule has 1 aromatic carbocycles. The van der Waals surface area contributed by atoms with Crippen LogP contribution in [0, 0.1) is 0 Å². The maximum Gasteiger partial charge on any atom is 0.246 e. The molecule has 0 unspecified atom stereocenters. The number of nitrogen functional groups attached to an aromatic ring is 1. The first kappa shape index (κ1) is 14.1. The minimum Gasteiger partial charge on any atom is -0.396 e. The molecule has 2 rings (SSSR count). The standard InChI is InChI=1S/C15H20N4O/c1-2-3-4-12-5-7-14(8-6-12)18-15(20)11-19-10-13(16)9-17-19/h5-10H,2-4,11,16H2,1H3,(H,18,20). The van der Waals surface area contributed by atoms with Gasteiger partial charge >= 0.3 is 0 Å². The fourth-order valence-electron chi connectivity index (χ4n) is 1.95. The van der Waals surface area contributed by atoms with Crippen molar-refractivity contribution in [1.29, 1.82) is 0 Å². The van der Waals surface area contributed by atoms with E-state index in [1.165, 1.54) is 29.3 Å². The van der Waals surface area contributed by atoms with Gasteiger partial charge < -0.3 is 11.1 Å². The molecule has 1 heterocycles. The second kappa shape index (κ2) is 6.75. The molecule has 106 valence electrons. The van der Waals surface area contributed by atoms with Crippen molar-refractivity contribution in [2.75, 3.05) is 11.1 Å². The van der Waals surface area contributed by atoms with Crippen LogP contribution >= 0.6 is 0 Å². The summed E-state index contributed by atoms with van der Waals surface area (Å²) < 4.78 is 1.51. The molecule has 0 fully saturated rings. The number of unbranched alkanes of at least 4 members (excludes halogenated alkanes) is 1. The van der Waals surface area contributed by atoms with Gasteiger partial charge in [0.25, 0.3) is 0 Å². The van der Waals surface area contributed by atoms with Gasteiger partial charge in [0, 0.05) is 11.9 Å². The second-order valence-electron chi connectivity index (χ2n) is 4.82. The van der Waals surface area contributed by atoms with Crippen molar-refractivity contribution in [1.82, 2.24) is 9.78 Å². The Morgan fingerprint density at radius 3 is 2.70 bits per heavy atom. The molecule has 0 spiro atoms. The van der Waals surface area contributed by atoms with E-state index in [0.29, 0.717) is 5.69 Å². The first-order valence-corrected chi connectivity index (χ1v) is 6.84. The summed E-state index contributed by atoms with van der Waals surface area (Å²) in [5.41, 5.74) is 8.20. The molecule has 0 saturated carbocycles. The average molecular weight is 272 g/mol. The zero-order valence-electron chi connectivity index (χ0n) is 11.7. The monoisotopic (exact) mass is 272 g/mol. The molecule has 0 aliphatic carbocycles. The Morgan fingerprint density at radius 2 is 2.10 bits per heavy atom. The molecule has 2 aromatic rings. The largest absolute Gasteiger partial charge is 0.396 e. The van der Waals surface area contributed by atoms with Gasteiger partial charge in [-0.2, -0.15) is 5.10 Å². The van der Waals surface area contributed by atoms with Gasteiger partial charge in [-0.05, 0) is 30.5 Å². The fraction of sp³-hybridized carbons (Fsp3) is 0.333. The van der Waals surface area contributed by atoms with Crippen molar-refractivity contribution in [2.24, 2.45) is 0 Å². The first-order valence-electron chi connectivity index (χ1n) is 6.84. The van der Waals surface area contributed by atoms with Crippen LogP contribution in [0.1, 0.15) is 25.3 Å². The predicted molar refractivity (Wildman–Crippen MR) is 80.3 cm³/mol. The lowest BCUT2D eigenvalue weighted by Gasteiger charge is -2.06. The van der Waals surface area contributed by atoms with Crippen molar-refractivity contribution in [2.45, 2.75) is 32.7 Å². The molecule has 0 bridgehead atoms. The highest BCUT2D eigenvalue weighted by molar-refractivity contribution is 5.90. The first-order chi connectivity index (χ1) is 9.67. The Bertz CT molecular complexity index is 560. The summed E-state index contributed by atoms with van der Waals surface area (Å²) in [6.07, 6.45) is 6.61. The highest BCUT2D eigenvalue weighted by Gasteiger charge is 2.04. The Balaban J connectivity index is 1.87. The average Bonchev–Trinajstić information content (AvgIpc) is 2.83. The van der Waals surface area contributed by atoms with Crippen LogP contribution in [0.2, 0.25) is 0 Å². The molecule has 1 aromatic heterocycles. The number of benzene rings is 1. The second-order valence-corrected chi connectivity index (χ2v) is 4.82. The van der Waals surface area contributed by atoms with Gasteiger partial charge in [-0.3, -0.25) is 9.48 Å². The molecule has 0 aliphatic heterocycles. The number of amides is 1. The number of anilines is 2. The van der Waals surface area contributed by atoms with Crippen LogP contribution in [0.15, 0.2) is 36.7 Å². The molecule has 20 heavy (non-hydrogen) atoms. The van der Waals surface area contributed by atoms with Gasteiger partial charge in [0.05, 0.1) is 11.9 Å². The lowest BCUT2D eigenvalue weighted by atomic mass is 10.1. The number of nitrogens with two attached hydrogens (primary N) is 1. The summed E-state index contributed by atoms with van der Waals surface area (Å²) in [6, 6.07) is 7.97. The highest BCUT2D eigenvalue weighted by Crippen LogP contribution is 2.12. The van der Waals surface area contributed by atoms with E-state index in [1.807, 2.05) is 12.1 Å². The van der Waals surface area contributed by atoms with E-state index in [0.717, 1.165) is 12.1 Å². The SMILES string of the molecule is CCCCc1ccc(NC(=O)Cn2cc(N)cn2)cc1. The Labute approximate surface area is 118 Å². The maximum absolute atomic E-state index is 11.8. The van der Waals surface area contributed by atoms with E-state index in [-0.39, 0.29) is 12.5 Å². The van der Waals surface area contributed by atoms with Crippen LogP contribution in [0.4, 0.5) is 11.4 Å². The highest BCUT2D eigenvalue weighted by atomic mass is 16.2. The van der Waals surface area contributed by atoms with Crippen molar-refractivity contribution in [3.05, 3.63) is 42.2 Å². The van der Waals surface area contributed by atoms with E-state index >= 15 is 0 Å². The van der Waals surface area contributed by atoms with Crippen LogP contribution in [0.25, 0.3) is 0 Å². The summed E-state index contributed by atoms with van der Waals surface area (Å²) >= 11 is 0. The number of carbonyl (C=O) groups is 1. The summed E-state index contributed by atoms with van der Waals surface area (Å²) in [6.45, 7) is 2.34. The van der Waals surface area contributed by atoms with Crippen LogP contribution in [0.5, 0.6) is 0 Å². The van der Waals surface area contributed by atoms with Gasteiger partial charge in [0.15, 0.2) is 0 Å². The minimum atomic E-state index is -0.116.